The van der Waals surface area contributed by atoms with Crippen LogP contribution in [0.25, 0.3) is 0 Å². The topological polar surface area (TPSA) is 77.2 Å². The summed E-state index contributed by atoms with van der Waals surface area (Å²) in [6.45, 7) is 0. The molecular weight excluding hydrogens is 282 g/mol. The molecule has 0 bridgehead atoms. The average molecular weight is 292 g/mol. The monoisotopic (exact) mass is 291 g/mol. The van der Waals surface area contributed by atoms with Gasteiger partial charge in [-0.1, -0.05) is 28.1 Å². The van der Waals surface area contributed by atoms with E-state index in [1.54, 1.807) is 12.1 Å². The third-order valence-corrected chi connectivity index (χ3v) is 5.17. The summed E-state index contributed by atoms with van der Waals surface area (Å²) in [4.78, 5) is 11.7. The first-order valence-electron chi connectivity index (χ1n) is 4.05. The fourth-order valence-corrected chi connectivity index (χ4v) is 1.81. The first-order chi connectivity index (χ1) is 6.82. The summed E-state index contributed by atoms with van der Waals surface area (Å²) in [5, 5.41) is 0. The molecular formula is C9H10BrNO3S. The number of nitrogen functional groups attached to an aromatic ring is 1. The van der Waals surface area contributed by atoms with Gasteiger partial charge in [-0.3, -0.25) is 4.79 Å². The van der Waals surface area contributed by atoms with E-state index in [0.29, 0.717) is 5.69 Å². The number of anilines is 1. The average Bonchev–Trinajstić information content (AvgIpc) is 2.14. The van der Waals surface area contributed by atoms with Crippen molar-refractivity contribution in [1.29, 1.82) is 0 Å². The Balaban J connectivity index is 3.06. The van der Waals surface area contributed by atoms with Gasteiger partial charge in [0.25, 0.3) is 0 Å². The van der Waals surface area contributed by atoms with Gasteiger partial charge in [0.1, 0.15) is 0 Å². The molecule has 6 heteroatoms. The number of halogens is 1. The van der Waals surface area contributed by atoms with Gasteiger partial charge in [-0.2, -0.15) is 0 Å². The largest absolute Gasteiger partial charge is 0.399 e. The van der Waals surface area contributed by atoms with Crippen LogP contribution < -0.4 is 5.73 Å². The number of Topliss-reactive ketones (excluding diaryl/α,β-unsaturated/α-hetero) is 1. The highest BCUT2D eigenvalue weighted by atomic mass is 79.9. The zero-order chi connectivity index (χ0) is 11.6. The molecule has 0 saturated carbocycles. The maximum absolute atomic E-state index is 11.7. The van der Waals surface area contributed by atoms with Crippen LogP contribution in [-0.2, 0) is 9.84 Å². The Labute approximate surface area is 96.5 Å². The zero-order valence-electron chi connectivity index (χ0n) is 7.98. The second-order valence-corrected chi connectivity index (χ2v) is 6.79. The molecule has 0 radical (unpaired) electrons. The van der Waals surface area contributed by atoms with E-state index in [9.17, 15) is 13.2 Å². The van der Waals surface area contributed by atoms with E-state index in [-0.39, 0.29) is 5.56 Å². The summed E-state index contributed by atoms with van der Waals surface area (Å²) in [5.41, 5.74) is 6.19. The minimum Gasteiger partial charge on any atom is -0.399 e. The molecule has 1 atom stereocenters. The van der Waals surface area contributed by atoms with Gasteiger partial charge in [-0.15, -0.1) is 0 Å². The summed E-state index contributed by atoms with van der Waals surface area (Å²) in [6.07, 6.45) is 0.997. The van der Waals surface area contributed by atoms with Crippen LogP contribution in [0.1, 0.15) is 10.4 Å². The summed E-state index contributed by atoms with van der Waals surface area (Å²) < 4.78 is 21.0. The standard InChI is InChI=1S/C9H10BrNO3S/c1-15(13,14)9(10)8(12)6-3-2-4-7(11)5-6/h2-5,9H,11H2,1H3/t9-/m0/s1. The van der Waals surface area contributed by atoms with Crippen LogP contribution in [0.3, 0.4) is 0 Å². The number of carbonyl (C=O) groups excluding carboxylic acids is 1. The SMILES string of the molecule is CS(=O)(=O)[C@H](Br)C(=O)c1cccc(N)c1. The first kappa shape index (κ1) is 12.2. The Hall–Kier alpha value is -0.880. The highest BCUT2D eigenvalue weighted by Crippen LogP contribution is 2.16. The fourth-order valence-electron chi connectivity index (χ4n) is 1.02. The van der Waals surface area contributed by atoms with Gasteiger partial charge in [-0.25, -0.2) is 8.42 Å². The Kier molecular flexibility index (Phi) is 3.51. The van der Waals surface area contributed by atoms with Crippen LogP contribution in [-0.4, -0.2) is 24.6 Å². The van der Waals surface area contributed by atoms with Gasteiger partial charge in [0.15, 0.2) is 19.8 Å². The van der Waals surface area contributed by atoms with Gasteiger partial charge in [0.05, 0.1) is 0 Å². The van der Waals surface area contributed by atoms with E-state index >= 15 is 0 Å². The lowest BCUT2D eigenvalue weighted by Crippen LogP contribution is -2.23. The molecule has 0 aromatic heterocycles. The summed E-state index contributed by atoms with van der Waals surface area (Å²) in [5.74, 6) is -0.509. The van der Waals surface area contributed by atoms with Crippen molar-refractivity contribution in [2.45, 2.75) is 4.16 Å². The minimum atomic E-state index is -3.44. The van der Waals surface area contributed by atoms with Crippen molar-refractivity contribution in [2.75, 3.05) is 12.0 Å². The van der Waals surface area contributed by atoms with Crippen molar-refractivity contribution in [3.05, 3.63) is 29.8 Å². The lowest BCUT2D eigenvalue weighted by molar-refractivity contribution is 0.101. The molecule has 0 amide bonds. The quantitative estimate of drug-likeness (QED) is 0.516. The van der Waals surface area contributed by atoms with Crippen molar-refractivity contribution in [3.63, 3.8) is 0 Å². The van der Waals surface area contributed by atoms with E-state index < -0.39 is 19.8 Å². The number of alkyl halides is 1. The Morgan fingerprint density at radius 1 is 1.47 bits per heavy atom. The molecule has 82 valence electrons. The number of benzene rings is 1. The molecule has 2 N–H and O–H groups in total. The smallest absolute Gasteiger partial charge is 0.191 e. The highest BCUT2D eigenvalue weighted by molar-refractivity contribution is 9.11. The van der Waals surface area contributed by atoms with Crippen LogP contribution in [0.2, 0.25) is 0 Å². The van der Waals surface area contributed by atoms with Crippen molar-refractivity contribution in [3.8, 4) is 0 Å². The molecule has 0 saturated heterocycles. The van der Waals surface area contributed by atoms with E-state index in [1.165, 1.54) is 12.1 Å². The predicted molar refractivity (Wildman–Crippen MR) is 62.7 cm³/mol. The molecule has 0 unspecified atom stereocenters. The van der Waals surface area contributed by atoms with Gasteiger partial charge in [0, 0.05) is 17.5 Å². The molecule has 0 heterocycles. The van der Waals surface area contributed by atoms with E-state index in [2.05, 4.69) is 15.9 Å². The van der Waals surface area contributed by atoms with E-state index in [1.807, 2.05) is 0 Å². The van der Waals surface area contributed by atoms with Crippen LogP contribution in [0.15, 0.2) is 24.3 Å². The van der Waals surface area contributed by atoms with Crippen LogP contribution in [0, 0.1) is 0 Å². The summed E-state index contributed by atoms with van der Waals surface area (Å²) in [6, 6.07) is 6.20. The second kappa shape index (κ2) is 4.32. The van der Waals surface area contributed by atoms with Crippen molar-refractivity contribution >= 4 is 37.2 Å². The minimum absolute atomic E-state index is 0.280. The molecule has 1 aromatic carbocycles. The van der Waals surface area contributed by atoms with Crippen molar-refractivity contribution < 1.29 is 13.2 Å². The highest BCUT2D eigenvalue weighted by Gasteiger charge is 2.26. The second-order valence-electron chi connectivity index (χ2n) is 3.14. The Morgan fingerprint density at radius 2 is 2.07 bits per heavy atom. The predicted octanol–water partition coefficient (Wildman–Crippen LogP) is 1.22. The van der Waals surface area contributed by atoms with Crippen LogP contribution in [0.5, 0.6) is 0 Å². The summed E-state index contributed by atoms with van der Waals surface area (Å²) >= 11 is 2.85. The zero-order valence-corrected chi connectivity index (χ0v) is 10.4. The number of sulfone groups is 1. The summed E-state index contributed by atoms with van der Waals surface area (Å²) in [7, 11) is -3.44. The van der Waals surface area contributed by atoms with Crippen molar-refractivity contribution in [2.24, 2.45) is 0 Å². The van der Waals surface area contributed by atoms with Crippen molar-refractivity contribution in [1.82, 2.24) is 0 Å². The van der Waals surface area contributed by atoms with Gasteiger partial charge in [-0.05, 0) is 12.1 Å². The molecule has 0 fully saturated rings. The lowest BCUT2D eigenvalue weighted by Gasteiger charge is -2.06. The van der Waals surface area contributed by atoms with Crippen LogP contribution in [0.4, 0.5) is 5.69 Å². The first-order valence-corrected chi connectivity index (χ1v) is 6.92. The Morgan fingerprint density at radius 3 is 2.53 bits per heavy atom. The van der Waals surface area contributed by atoms with E-state index in [4.69, 9.17) is 5.73 Å². The normalized spacial score (nSPS) is 13.5. The maximum atomic E-state index is 11.7. The third-order valence-electron chi connectivity index (χ3n) is 1.75. The fraction of sp³-hybridized carbons (Fsp3) is 0.222. The number of ketones is 1. The van der Waals surface area contributed by atoms with Gasteiger partial charge in [0.2, 0.25) is 0 Å². The van der Waals surface area contributed by atoms with Gasteiger partial charge < -0.3 is 5.73 Å². The number of rotatable bonds is 3. The molecule has 1 rings (SSSR count). The third kappa shape index (κ3) is 3.04. The number of hydrogen-bond donors (Lipinski definition) is 1. The number of nitrogens with two attached hydrogens (primary N) is 1. The van der Waals surface area contributed by atoms with Gasteiger partial charge >= 0.3 is 0 Å². The van der Waals surface area contributed by atoms with Crippen LogP contribution >= 0.6 is 15.9 Å². The van der Waals surface area contributed by atoms with E-state index in [0.717, 1.165) is 6.26 Å². The number of carbonyl (C=O) groups is 1. The molecule has 1 aromatic rings. The number of hydrogen-bond acceptors (Lipinski definition) is 4. The molecule has 4 nitrogen and oxygen atoms in total. The molecule has 0 spiro atoms. The molecule has 0 aliphatic heterocycles. The molecule has 0 aliphatic carbocycles. The maximum Gasteiger partial charge on any atom is 0.191 e. The lowest BCUT2D eigenvalue weighted by atomic mass is 10.1. The molecule has 0 aliphatic rings. The Bertz CT molecular complexity index is 484. The molecule has 15 heavy (non-hydrogen) atoms.